The molecule has 3 aromatic heterocycles. The van der Waals surface area contributed by atoms with Crippen molar-refractivity contribution in [3.8, 4) is 16.3 Å². The molecule has 0 aliphatic rings. The second-order valence-electron chi connectivity index (χ2n) is 8.54. The van der Waals surface area contributed by atoms with Crippen LogP contribution in [0.4, 0.5) is 11.6 Å². The first-order chi connectivity index (χ1) is 17.6. The van der Waals surface area contributed by atoms with Crippen LogP contribution < -0.4 is 15.8 Å². The number of hydrogen-bond donors (Lipinski definition) is 2. The van der Waals surface area contributed by atoms with Crippen LogP contribution in [0.1, 0.15) is 27.7 Å². The monoisotopic (exact) mass is 493 g/mol. The number of nitrogens with two attached hydrogens (primary N) is 1. The minimum atomic E-state index is -0.197. The molecule has 3 N–H and O–H groups in total. The molecule has 7 heteroatoms. The van der Waals surface area contributed by atoms with Crippen molar-refractivity contribution in [1.82, 2.24) is 15.0 Å². The summed E-state index contributed by atoms with van der Waals surface area (Å²) in [5.74, 6) is 2.34. The largest absolute Gasteiger partial charge is 0.489 e. The lowest BCUT2D eigenvalue weighted by Gasteiger charge is -2.10. The molecule has 180 valence electrons. The molecule has 0 saturated carbocycles. The number of nitrogens with one attached hydrogen (secondary N) is 1. The lowest BCUT2D eigenvalue weighted by molar-refractivity contribution is 0.306. The number of thiazole rings is 1. The van der Waals surface area contributed by atoms with Crippen molar-refractivity contribution in [3.63, 3.8) is 0 Å². The Labute approximate surface area is 214 Å². The average molecular weight is 494 g/mol. The van der Waals surface area contributed by atoms with E-state index < -0.39 is 0 Å². The second-order valence-corrected chi connectivity index (χ2v) is 9.61. The molecule has 1 atom stereocenters. The van der Waals surface area contributed by atoms with Crippen LogP contribution in [-0.4, -0.2) is 15.0 Å². The third-order valence-electron chi connectivity index (χ3n) is 5.64. The summed E-state index contributed by atoms with van der Waals surface area (Å²) in [4.78, 5) is 14.7. The zero-order valence-corrected chi connectivity index (χ0v) is 20.8. The number of hydrogen-bond acceptors (Lipinski definition) is 7. The van der Waals surface area contributed by atoms with Crippen LogP contribution in [0.25, 0.3) is 10.6 Å². The number of nitrogens with zero attached hydrogens (tertiary/aromatic N) is 3. The number of anilines is 2. The van der Waals surface area contributed by atoms with Gasteiger partial charge in [-0.1, -0.05) is 48.5 Å². The van der Waals surface area contributed by atoms with Gasteiger partial charge in [0.2, 0.25) is 0 Å². The molecular formula is C29H27N5OS. The molecule has 0 aliphatic carbocycles. The first-order valence-electron chi connectivity index (χ1n) is 11.8. The average Bonchev–Trinajstić information content (AvgIpc) is 3.40. The summed E-state index contributed by atoms with van der Waals surface area (Å²) >= 11 is 1.57. The van der Waals surface area contributed by atoms with Crippen LogP contribution in [0.5, 0.6) is 5.75 Å². The zero-order chi connectivity index (χ0) is 24.7. The maximum atomic E-state index is 6.51. The normalized spacial score (nSPS) is 11.7. The van der Waals surface area contributed by atoms with Crippen molar-refractivity contribution in [2.24, 2.45) is 5.73 Å². The number of pyridine rings is 2. The molecule has 5 aromatic rings. The fourth-order valence-corrected chi connectivity index (χ4v) is 4.65. The molecule has 5 rings (SSSR count). The van der Waals surface area contributed by atoms with Crippen molar-refractivity contribution >= 4 is 23.0 Å². The Balaban J connectivity index is 1.20. The van der Waals surface area contributed by atoms with Crippen molar-refractivity contribution in [1.29, 1.82) is 0 Å². The number of aromatic nitrogens is 3. The van der Waals surface area contributed by atoms with E-state index in [0.29, 0.717) is 13.0 Å². The van der Waals surface area contributed by atoms with Gasteiger partial charge in [-0.15, -0.1) is 11.3 Å². The minimum Gasteiger partial charge on any atom is -0.489 e. The predicted molar refractivity (Wildman–Crippen MR) is 145 cm³/mol. The Hall–Kier alpha value is -4.07. The van der Waals surface area contributed by atoms with Gasteiger partial charge in [0.25, 0.3) is 0 Å². The van der Waals surface area contributed by atoms with E-state index in [1.807, 2.05) is 73.8 Å². The van der Waals surface area contributed by atoms with Gasteiger partial charge in [-0.25, -0.2) is 15.0 Å². The van der Waals surface area contributed by atoms with E-state index in [0.717, 1.165) is 49.7 Å². The van der Waals surface area contributed by atoms with E-state index in [9.17, 15) is 0 Å². The van der Waals surface area contributed by atoms with E-state index in [1.165, 1.54) is 0 Å². The van der Waals surface area contributed by atoms with E-state index in [4.69, 9.17) is 15.5 Å². The lowest BCUT2D eigenvalue weighted by atomic mass is 10.1. The maximum absolute atomic E-state index is 6.51. The van der Waals surface area contributed by atoms with Crippen molar-refractivity contribution < 1.29 is 4.74 Å². The molecule has 0 fully saturated rings. The molecule has 2 aromatic carbocycles. The van der Waals surface area contributed by atoms with Gasteiger partial charge >= 0.3 is 0 Å². The molecule has 0 unspecified atom stereocenters. The van der Waals surface area contributed by atoms with Gasteiger partial charge in [-0.3, -0.25) is 0 Å². The molecule has 0 bridgehead atoms. The highest BCUT2D eigenvalue weighted by atomic mass is 32.1. The third-order valence-corrected chi connectivity index (χ3v) is 6.79. The fourth-order valence-electron chi connectivity index (χ4n) is 3.76. The van der Waals surface area contributed by atoms with Crippen molar-refractivity contribution in [2.45, 2.75) is 26.0 Å². The van der Waals surface area contributed by atoms with E-state index in [-0.39, 0.29) is 6.04 Å². The van der Waals surface area contributed by atoms with Gasteiger partial charge in [0.05, 0.1) is 16.6 Å². The molecule has 6 nitrogen and oxygen atoms in total. The summed E-state index contributed by atoms with van der Waals surface area (Å²) in [7, 11) is 0. The van der Waals surface area contributed by atoms with Gasteiger partial charge in [0.15, 0.2) is 0 Å². The smallest absolute Gasteiger partial charge is 0.132 e. The highest BCUT2D eigenvalue weighted by molar-refractivity contribution is 7.15. The molecular weight excluding hydrogens is 466 g/mol. The quantitative estimate of drug-likeness (QED) is 0.245. The van der Waals surface area contributed by atoms with E-state index in [2.05, 4.69) is 39.6 Å². The molecule has 3 heterocycles. The Morgan fingerprint density at radius 3 is 2.53 bits per heavy atom. The van der Waals surface area contributed by atoms with Crippen LogP contribution in [0, 0.1) is 6.92 Å². The molecule has 0 saturated heterocycles. The van der Waals surface area contributed by atoms with Crippen LogP contribution in [-0.2, 0) is 13.0 Å². The molecule has 0 spiro atoms. The molecule has 36 heavy (non-hydrogen) atoms. The summed E-state index contributed by atoms with van der Waals surface area (Å²) in [5.41, 5.74) is 10.8. The van der Waals surface area contributed by atoms with E-state index >= 15 is 0 Å². The van der Waals surface area contributed by atoms with Crippen LogP contribution in [0.3, 0.4) is 0 Å². The highest BCUT2D eigenvalue weighted by Crippen LogP contribution is 2.30. The first-order valence-corrected chi connectivity index (χ1v) is 12.6. The number of ether oxygens (including phenoxy) is 1. The summed E-state index contributed by atoms with van der Waals surface area (Å²) in [6.45, 7) is 2.58. The van der Waals surface area contributed by atoms with Crippen molar-refractivity contribution in [2.75, 3.05) is 5.32 Å². The topological polar surface area (TPSA) is 86.0 Å². The van der Waals surface area contributed by atoms with Crippen LogP contribution in [0.15, 0.2) is 97.3 Å². The molecule has 0 radical (unpaired) electrons. The maximum Gasteiger partial charge on any atom is 0.132 e. The lowest BCUT2D eigenvalue weighted by Crippen LogP contribution is -2.12. The van der Waals surface area contributed by atoms with Gasteiger partial charge in [-0.2, -0.15) is 0 Å². The van der Waals surface area contributed by atoms with Crippen molar-refractivity contribution in [3.05, 3.63) is 119 Å². The fraction of sp³-hybridized carbons (Fsp3) is 0.138. The number of benzene rings is 2. The standard InChI is InChI=1S/C29H27N5OS/c1-20-14-15-31-28(16-20)34-27-9-5-8-25(33-27)26-18-32-29(36-26)24(30)17-21-10-12-23(13-11-21)35-19-22-6-3-2-4-7-22/h2-16,18,24H,17,19,30H2,1H3,(H,31,33,34)/t24-/m0/s1. The Morgan fingerprint density at radius 2 is 1.72 bits per heavy atom. The second kappa shape index (κ2) is 11.1. The van der Waals surface area contributed by atoms with Gasteiger partial charge in [0.1, 0.15) is 29.0 Å². The zero-order valence-electron chi connectivity index (χ0n) is 20.0. The number of aryl methyl sites for hydroxylation is 1. The van der Waals surface area contributed by atoms with Gasteiger partial charge < -0.3 is 15.8 Å². The van der Waals surface area contributed by atoms with Crippen LogP contribution >= 0.6 is 11.3 Å². The predicted octanol–water partition coefficient (Wildman–Crippen LogP) is 6.47. The Kier molecular flexibility index (Phi) is 7.30. The van der Waals surface area contributed by atoms with E-state index in [1.54, 1.807) is 17.5 Å². The van der Waals surface area contributed by atoms with Gasteiger partial charge in [-0.05, 0) is 66.4 Å². The Bertz CT molecular complexity index is 1420. The Morgan fingerprint density at radius 1 is 0.889 bits per heavy atom. The molecule has 0 aliphatic heterocycles. The highest BCUT2D eigenvalue weighted by Gasteiger charge is 2.14. The summed E-state index contributed by atoms with van der Waals surface area (Å²) in [6.07, 6.45) is 4.32. The molecule has 0 amide bonds. The first kappa shape index (κ1) is 23.7. The summed E-state index contributed by atoms with van der Waals surface area (Å²) in [6, 6.07) is 27.9. The number of rotatable bonds is 9. The summed E-state index contributed by atoms with van der Waals surface area (Å²) < 4.78 is 5.88. The minimum absolute atomic E-state index is 0.197. The SMILES string of the molecule is Cc1ccnc(Nc2cccc(-c3cnc([C@@H](N)Cc4ccc(OCc5ccccc5)cc4)s3)n2)c1. The third kappa shape index (κ3) is 6.13. The van der Waals surface area contributed by atoms with Gasteiger partial charge in [0, 0.05) is 12.4 Å². The summed E-state index contributed by atoms with van der Waals surface area (Å²) in [5, 5.41) is 4.15. The van der Waals surface area contributed by atoms with Crippen LogP contribution in [0.2, 0.25) is 0 Å².